The van der Waals surface area contributed by atoms with Crippen molar-refractivity contribution in [1.29, 1.82) is 0 Å². The first-order valence-electron chi connectivity index (χ1n) is 5.76. The lowest BCUT2D eigenvalue weighted by Crippen LogP contribution is -2.44. The van der Waals surface area contributed by atoms with Gasteiger partial charge in [-0.05, 0) is 32.9 Å². The number of amides is 1. The number of aromatic carboxylic acids is 1. The predicted molar refractivity (Wildman–Crippen MR) is 65.2 cm³/mol. The largest absolute Gasteiger partial charge is 0.475 e. The summed E-state index contributed by atoms with van der Waals surface area (Å²) in [5.41, 5.74) is 0. The number of furan rings is 1. The van der Waals surface area contributed by atoms with Crippen molar-refractivity contribution in [3.63, 3.8) is 0 Å². The van der Waals surface area contributed by atoms with E-state index in [1.165, 1.54) is 6.07 Å². The lowest BCUT2D eigenvalue weighted by molar-refractivity contribution is -0.123. The molecule has 0 saturated carbocycles. The number of hydrogen-bond donors (Lipinski definition) is 3. The van der Waals surface area contributed by atoms with Crippen molar-refractivity contribution in [3.8, 4) is 0 Å². The van der Waals surface area contributed by atoms with Crippen molar-refractivity contribution < 1.29 is 19.1 Å². The maximum absolute atomic E-state index is 11.6. The maximum atomic E-state index is 11.6. The summed E-state index contributed by atoms with van der Waals surface area (Å²) in [6, 6.07) is 2.68. The highest BCUT2D eigenvalue weighted by molar-refractivity contribution is 5.84. The third-order valence-electron chi connectivity index (χ3n) is 2.28. The molecular formula is C12H18N2O4. The van der Waals surface area contributed by atoms with Gasteiger partial charge in [0.05, 0.1) is 12.6 Å². The molecule has 0 aliphatic rings. The number of carbonyl (C=O) groups excluding carboxylic acids is 1. The highest BCUT2D eigenvalue weighted by Gasteiger charge is 2.14. The molecule has 0 spiro atoms. The van der Waals surface area contributed by atoms with Crippen LogP contribution >= 0.6 is 0 Å². The highest BCUT2D eigenvalue weighted by Crippen LogP contribution is 2.07. The molecule has 0 aromatic carbocycles. The summed E-state index contributed by atoms with van der Waals surface area (Å²) in [6.45, 7) is 5.81. The van der Waals surface area contributed by atoms with Gasteiger partial charge in [-0.25, -0.2) is 4.79 Å². The summed E-state index contributed by atoms with van der Waals surface area (Å²) in [5, 5.41) is 14.4. The minimum atomic E-state index is -1.10. The van der Waals surface area contributed by atoms with Crippen LogP contribution in [0.15, 0.2) is 16.5 Å². The van der Waals surface area contributed by atoms with Gasteiger partial charge in [0.15, 0.2) is 0 Å². The van der Waals surface area contributed by atoms with Crippen LogP contribution < -0.4 is 10.6 Å². The van der Waals surface area contributed by atoms with Crippen molar-refractivity contribution in [2.24, 2.45) is 0 Å². The first-order chi connectivity index (χ1) is 8.40. The van der Waals surface area contributed by atoms with Crippen LogP contribution in [0, 0.1) is 0 Å². The Morgan fingerprint density at radius 1 is 1.33 bits per heavy atom. The average molecular weight is 254 g/mol. The number of hydrogen-bond acceptors (Lipinski definition) is 4. The molecule has 1 unspecified atom stereocenters. The van der Waals surface area contributed by atoms with Gasteiger partial charge in [0.1, 0.15) is 5.76 Å². The molecule has 18 heavy (non-hydrogen) atoms. The Balaban J connectivity index is 2.44. The fourth-order valence-electron chi connectivity index (χ4n) is 1.34. The zero-order valence-corrected chi connectivity index (χ0v) is 10.7. The summed E-state index contributed by atoms with van der Waals surface area (Å²) in [5.74, 6) is -0.829. The van der Waals surface area contributed by atoms with Gasteiger partial charge in [-0.2, -0.15) is 0 Å². The van der Waals surface area contributed by atoms with E-state index in [1.807, 2.05) is 13.8 Å². The Morgan fingerprint density at radius 3 is 2.50 bits per heavy atom. The van der Waals surface area contributed by atoms with Crippen molar-refractivity contribution in [3.05, 3.63) is 23.7 Å². The van der Waals surface area contributed by atoms with Gasteiger partial charge in [-0.15, -0.1) is 0 Å². The lowest BCUT2D eigenvalue weighted by Gasteiger charge is -2.15. The number of carboxylic acids is 1. The average Bonchev–Trinajstić information content (AvgIpc) is 2.73. The Bertz CT molecular complexity index is 425. The molecule has 6 nitrogen and oxygen atoms in total. The molecule has 1 heterocycles. The Kier molecular flexibility index (Phi) is 4.91. The van der Waals surface area contributed by atoms with E-state index in [0.29, 0.717) is 12.3 Å². The van der Waals surface area contributed by atoms with Crippen molar-refractivity contribution >= 4 is 11.9 Å². The van der Waals surface area contributed by atoms with Crippen LogP contribution in [0.1, 0.15) is 37.1 Å². The monoisotopic (exact) mass is 254 g/mol. The molecule has 1 amide bonds. The van der Waals surface area contributed by atoms with E-state index in [1.54, 1.807) is 13.0 Å². The van der Waals surface area contributed by atoms with E-state index in [2.05, 4.69) is 10.6 Å². The van der Waals surface area contributed by atoms with Crippen LogP contribution in [0.25, 0.3) is 0 Å². The Morgan fingerprint density at radius 2 is 2.00 bits per heavy atom. The number of rotatable bonds is 6. The van der Waals surface area contributed by atoms with E-state index in [9.17, 15) is 9.59 Å². The molecular weight excluding hydrogens is 236 g/mol. The van der Waals surface area contributed by atoms with Gasteiger partial charge in [0, 0.05) is 6.04 Å². The molecule has 1 aromatic heterocycles. The topological polar surface area (TPSA) is 91.6 Å². The van der Waals surface area contributed by atoms with Gasteiger partial charge in [-0.3, -0.25) is 10.1 Å². The minimum absolute atomic E-state index is 0.0870. The molecule has 0 aliphatic carbocycles. The Hall–Kier alpha value is -1.82. The van der Waals surface area contributed by atoms with E-state index in [0.717, 1.165) is 0 Å². The van der Waals surface area contributed by atoms with Crippen LogP contribution in [-0.4, -0.2) is 29.1 Å². The molecule has 100 valence electrons. The van der Waals surface area contributed by atoms with E-state index in [-0.39, 0.29) is 23.8 Å². The maximum Gasteiger partial charge on any atom is 0.371 e. The molecule has 1 aromatic rings. The first kappa shape index (κ1) is 14.2. The highest BCUT2D eigenvalue weighted by atomic mass is 16.4. The normalized spacial score (nSPS) is 12.4. The molecule has 6 heteroatoms. The number of carboxylic acid groups (broad SMARTS) is 1. The standard InChI is InChI=1S/C12H18N2O4/c1-7(2)14-11(15)8(3)13-6-9-4-5-10(18-9)12(16)17/h4-5,7-8,13H,6H2,1-3H3,(H,14,15)(H,16,17). The fraction of sp³-hybridized carbons (Fsp3) is 0.500. The summed E-state index contributed by atoms with van der Waals surface area (Å²) in [4.78, 5) is 22.2. The molecule has 0 fully saturated rings. The van der Waals surface area contributed by atoms with Gasteiger partial charge in [0.2, 0.25) is 11.7 Å². The van der Waals surface area contributed by atoms with Crippen molar-refractivity contribution in [2.75, 3.05) is 0 Å². The van der Waals surface area contributed by atoms with Crippen LogP contribution in [0.4, 0.5) is 0 Å². The molecule has 1 atom stereocenters. The summed E-state index contributed by atoms with van der Waals surface area (Å²) in [7, 11) is 0. The second-order valence-electron chi connectivity index (χ2n) is 4.34. The van der Waals surface area contributed by atoms with Crippen LogP contribution in [0.2, 0.25) is 0 Å². The van der Waals surface area contributed by atoms with E-state index < -0.39 is 5.97 Å². The van der Waals surface area contributed by atoms with Gasteiger partial charge >= 0.3 is 5.97 Å². The fourth-order valence-corrected chi connectivity index (χ4v) is 1.34. The van der Waals surface area contributed by atoms with E-state index in [4.69, 9.17) is 9.52 Å². The number of carbonyl (C=O) groups is 2. The molecule has 0 radical (unpaired) electrons. The predicted octanol–water partition coefficient (Wildman–Crippen LogP) is 0.980. The van der Waals surface area contributed by atoms with Gasteiger partial charge in [0.25, 0.3) is 0 Å². The molecule has 0 saturated heterocycles. The summed E-state index contributed by atoms with van der Waals surface area (Å²) < 4.78 is 5.06. The SMILES string of the molecule is CC(C)NC(=O)C(C)NCc1ccc(C(=O)O)o1. The second-order valence-corrected chi connectivity index (χ2v) is 4.34. The molecule has 1 rings (SSSR count). The molecule has 3 N–H and O–H groups in total. The third kappa shape index (κ3) is 4.21. The quantitative estimate of drug-likeness (QED) is 0.704. The zero-order valence-electron chi connectivity index (χ0n) is 10.7. The summed E-state index contributed by atoms with van der Waals surface area (Å²) >= 11 is 0. The zero-order chi connectivity index (χ0) is 13.7. The van der Waals surface area contributed by atoms with Crippen molar-refractivity contribution in [2.45, 2.75) is 39.4 Å². The summed E-state index contributed by atoms with van der Waals surface area (Å²) in [6.07, 6.45) is 0. The number of nitrogens with one attached hydrogen (secondary N) is 2. The third-order valence-corrected chi connectivity index (χ3v) is 2.28. The minimum Gasteiger partial charge on any atom is -0.475 e. The van der Waals surface area contributed by atoms with Crippen LogP contribution in [0.5, 0.6) is 0 Å². The van der Waals surface area contributed by atoms with Gasteiger partial charge < -0.3 is 14.8 Å². The first-order valence-corrected chi connectivity index (χ1v) is 5.76. The molecule has 0 bridgehead atoms. The van der Waals surface area contributed by atoms with Gasteiger partial charge in [-0.1, -0.05) is 0 Å². The second kappa shape index (κ2) is 6.20. The van der Waals surface area contributed by atoms with Crippen LogP contribution in [0.3, 0.4) is 0 Å². The smallest absolute Gasteiger partial charge is 0.371 e. The Labute approximate surface area is 105 Å². The lowest BCUT2D eigenvalue weighted by atomic mass is 10.2. The molecule has 0 aliphatic heterocycles. The van der Waals surface area contributed by atoms with Crippen LogP contribution in [-0.2, 0) is 11.3 Å². The van der Waals surface area contributed by atoms with Crippen molar-refractivity contribution in [1.82, 2.24) is 10.6 Å². The van der Waals surface area contributed by atoms with E-state index >= 15 is 0 Å².